The van der Waals surface area contributed by atoms with E-state index in [0.29, 0.717) is 6.04 Å². The Morgan fingerprint density at radius 1 is 1.28 bits per heavy atom. The van der Waals surface area contributed by atoms with Gasteiger partial charge in [0, 0.05) is 19.6 Å². The fourth-order valence-electron chi connectivity index (χ4n) is 2.23. The topological polar surface area (TPSA) is 36.4 Å². The van der Waals surface area contributed by atoms with Gasteiger partial charge in [-0.2, -0.15) is 0 Å². The first-order chi connectivity index (χ1) is 8.26. The van der Waals surface area contributed by atoms with E-state index in [1.807, 2.05) is 7.05 Å². The van der Waals surface area contributed by atoms with Crippen LogP contribution in [0.25, 0.3) is 0 Å². The molecule has 0 amide bonds. The first kappa shape index (κ1) is 17.7. The quantitative estimate of drug-likeness (QED) is 0.264. The number of nitrogens with zero attached hydrogens (tertiary/aromatic N) is 1. The maximum atomic E-state index is 4.27. The summed E-state index contributed by atoms with van der Waals surface area (Å²) in [7, 11) is 1.84. The maximum absolute atomic E-state index is 4.27. The van der Waals surface area contributed by atoms with Crippen molar-refractivity contribution < 1.29 is 0 Å². The third-order valence-electron chi connectivity index (χ3n) is 3.42. The Labute approximate surface area is 129 Å². The van der Waals surface area contributed by atoms with Crippen molar-refractivity contribution in [2.24, 2.45) is 10.9 Å². The van der Waals surface area contributed by atoms with Gasteiger partial charge in [0.25, 0.3) is 0 Å². The summed E-state index contributed by atoms with van der Waals surface area (Å²) in [6.45, 7) is 5.35. The molecule has 0 heterocycles. The van der Waals surface area contributed by atoms with Crippen LogP contribution in [0.3, 0.4) is 0 Å². The SMILES string of the molecule is C/C=C/CCNC(=NC)NC1CCC(C)CC1.I. The summed E-state index contributed by atoms with van der Waals surface area (Å²) >= 11 is 0. The lowest BCUT2D eigenvalue weighted by Crippen LogP contribution is -2.44. The van der Waals surface area contributed by atoms with Crippen LogP contribution in [0.2, 0.25) is 0 Å². The molecule has 0 radical (unpaired) electrons. The number of rotatable bonds is 4. The Hall–Kier alpha value is -0.260. The Bertz CT molecular complexity index is 256. The van der Waals surface area contributed by atoms with Crippen molar-refractivity contribution in [3.8, 4) is 0 Å². The summed E-state index contributed by atoms with van der Waals surface area (Å²) in [5.74, 6) is 1.85. The van der Waals surface area contributed by atoms with E-state index in [9.17, 15) is 0 Å². The zero-order chi connectivity index (χ0) is 12.5. The van der Waals surface area contributed by atoms with Crippen molar-refractivity contribution in [2.75, 3.05) is 13.6 Å². The molecule has 0 aliphatic heterocycles. The molecule has 1 rings (SSSR count). The fourth-order valence-corrected chi connectivity index (χ4v) is 2.23. The van der Waals surface area contributed by atoms with Crippen LogP contribution < -0.4 is 10.6 Å². The van der Waals surface area contributed by atoms with Gasteiger partial charge in [-0.3, -0.25) is 4.99 Å². The van der Waals surface area contributed by atoms with E-state index in [1.165, 1.54) is 25.7 Å². The minimum Gasteiger partial charge on any atom is -0.356 e. The van der Waals surface area contributed by atoms with Crippen LogP contribution in [0.1, 0.15) is 46.0 Å². The highest BCUT2D eigenvalue weighted by molar-refractivity contribution is 14.0. The van der Waals surface area contributed by atoms with Gasteiger partial charge in [-0.25, -0.2) is 0 Å². The van der Waals surface area contributed by atoms with E-state index in [1.54, 1.807) is 0 Å². The van der Waals surface area contributed by atoms with Crippen molar-refractivity contribution in [1.29, 1.82) is 0 Å². The summed E-state index contributed by atoms with van der Waals surface area (Å²) in [4.78, 5) is 4.27. The number of hydrogen-bond acceptors (Lipinski definition) is 1. The van der Waals surface area contributed by atoms with Gasteiger partial charge in [0.2, 0.25) is 0 Å². The molecule has 0 aromatic rings. The van der Waals surface area contributed by atoms with Gasteiger partial charge in [0.15, 0.2) is 5.96 Å². The lowest BCUT2D eigenvalue weighted by Gasteiger charge is -2.28. The summed E-state index contributed by atoms with van der Waals surface area (Å²) in [5.41, 5.74) is 0. The molecular weight excluding hydrogens is 337 g/mol. The highest BCUT2D eigenvalue weighted by atomic mass is 127. The summed E-state index contributed by atoms with van der Waals surface area (Å²) in [6, 6.07) is 0.610. The second-order valence-corrected chi connectivity index (χ2v) is 4.96. The van der Waals surface area contributed by atoms with Crippen LogP contribution in [-0.4, -0.2) is 25.6 Å². The molecule has 1 aliphatic carbocycles. The number of halogens is 1. The molecule has 18 heavy (non-hydrogen) atoms. The van der Waals surface area contributed by atoms with Crippen LogP contribution in [0, 0.1) is 5.92 Å². The predicted octanol–water partition coefficient (Wildman–Crippen LogP) is 3.31. The molecule has 106 valence electrons. The van der Waals surface area contributed by atoms with E-state index < -0.39 is 0 Å². The minimum absolute atomic E-state index is 0. The maximum Gasteiger partial charge on any atom is 0.191 e. The van der Waals surface area contributed by atoms with Crippen molar-refractivity contribution in [3.05, 3.63) is 12.2 Å². The third kappa shape index (κ3) is 7.24. The Kier molecular flexibility index (Phi) is 10.5. The van der Waals surface area contributed by atoms with Gasteiger partial charge in [-0.15, -0.1) is 24.0 Å². The second kappa shape index (κ2) is 10.6. The fraction of sp³-hybridized carbons (Fsp3) is 0.786. The molecule has 0 saturated heterocycles. The highest BCUT2D eigenvalue weighted by Crippen LogP contribution is 2.23. The van der Waals surface area contributed by atoms with Gasteiger partial charge >= 0.3 is 0 Å². The molecule has 0 aromatic carbocycles. The molecule has 1 saturated carbocycles. The average Bonchev–Trinajstić information content (AvgIpc) is 2.35. The Morgan fingerprint density at radius 3 is 2.50 bits per heavy atom. The van der Waals surface area contributed by atoms with Crippen LogP contribution in [-0.2, 0) is 0 Å². The molecule has 0 aromatic heterocycles. The first-order valence-corrected chi connectivity index (χ1v) is 6.84. The van der Waals surface area contributed by atoms with Crippen LogP contribution in [0.15, 0.2) is 17.1 Å². The number of nitrogens with one attached hydrogen (secondary N) is 2. The average molecular weight is 365 g/mol. The highest BCUT2D eigenvalue weighted by Gasteiger charge is 2.18. The number of guanidine groups is 1. The smallest absolute Gasteiger partial charge is 0.191 e. The molecule has 2 N–H and O–H groups in total. The minimum atomic E-state index is 0. The lowest BCUT2D eigenvalue weighted by molar-refractivity contribution is 0.329. The molecule has 3 nitrogen and oxygen atoms in total. The molecular formula is C14H28IN3. The summed E-state index contributed by atoms with van der Waals surface area (Å²) in [5, 5.41) is 6.87. The van der Waals surface area contributed by atoms with Gasteiger partial charge in [0.05, 0.1) is 0 Å². The monoisotopic (exact) mass is 365 g/mol. The molecule has 0 atom stereocenters. The molecule has 1 aliphatic rings. The number of aliphatic imine (C=N–C) groups is 1. The summed E-state index contributed by atoms with van der Waals surface area (Å²) < 4.78 is 0. The van der Waals surface area contributed by atoms with Crippen molar-refractivity contribution in [3.63, 3.8) is 0 Å². The summed E-state index contributed by atoms with van der Waals surface area (Å²) in [6.07, 6.45) is 10.5. The Morgan fingerprint density at radius 2 is 1.94 bits per heavy atom. The molecule has 0 spiro atoms. The second-order valence-electron chi connectivity index (χ2n) is 4.96. The molecule has 0 unspecified atom stereocenters. The molecule has 4 heteroatoms. The standard InChI is InChI=1S/C14H27N3.HI/c1-4-5-6-11-16-14(15-3)17-13-9-7-12(2)8-10-13;/h4-5,12-13H,6-11H2,1-3H3,(H2,15,16,17);1H/b5-4+;. The van der Waals surface area contributed by atoms with Crippen LogP contribution in [0.4, 0.5) is 0 Å². The van der Waals surface area contributed by atoms with Crippen LogP contribution in [0.5, 0.6) is 0 Å². The zero-order valence-electron chi connectivity index (χ0n) is 11.9. The van der Waals surface area contributed by atoms with Crippen molar-refractivity contribution >= 4 is 29.9 Å². The van der Waals surface area contributed by atoms with Gasteiger partial charge in [-0.05, 0) is 44.9 Å². The lowest BCUT2D eigenvalue weighted by atomic mass is 9.87. The third-order valence-corrected chi connectivity index (χ3v) is 3.42. The van der Waals surface area contributed by atoms with E-state index in [4.69, 9.17) is 0 Å². The van der Waals surface area contributed by atoms with E-state index >= 15 is 0 Å². The number of hydrogen-bond donors (Lipinski definition) is 2. The van der Waals surface area contributed by atoms with Crippen molar-refractivity contribution in [2.45, 2.75) is 52.0 Å². The Balaban J connectivity index is 0.00000289. The number of allylic oxidation sites excluding steroid dienone is 1. The van der Waals surface area contributed by atoms with Gasteiger partial charge in [0.1, 0.15) is 0 Å². The molecule has 0 bridgehead atoms. The van der Waals surface area contributed by atoms with Gasteiger partial charge in [-0.1, -0.05) is 19.1 Å². The largest absolute Gasteiger partial charge is 0.356 e. The first-order valence-electron chi connectivity index (χ1n) is 6.84. The predicted molar refractivity (Wildman–Crippen MR) is 90.8 cm³/mol. The molecule has 1 fully saturated rings. The van der Waals surface area contributed by atoms with E-state index in [2.05, 4.69) is 41.6 Å². The van der Waals surface area contributed by atoms with Crippen molar-refractivity contribution in [1.82, 2.24) is 10.6 Å². The normalized spacial score (nSPS) is 24.7. The van der Waals surface area contributed by atoms with Gasteiger partial charge < -0.3 is 10.6 Å². The van der Waals surface area contributed by atoms with E-state index in [0.717, 1.165) is 24.8 Å². The zero-order valence-corrected chi connectivity index (χ0v) is 14.2. The van der Waals surface area contributed by atoms with E-state index in [-0.39, 0.29) is 24.0 Å². The van der Waals surface area contributed by atoms with Crippen LogP contribution >= 0.6 is 24.0 Å².